The Hall–Kier alpha value is -2.14. The zero-order chi connectivity index (χ0) is 15.1. The quantitative estimate of drug-likeness (QED) is 0.713. The highest BCUT2D eigenvalue weighted by Gasteiger charge is 2.33. The van der Waals surface area contributed by atoms with Gasteiger partial charge in [0.05, 0.1) is 11.7 Å². The number of carbonyl (C=O) groups is 1. The highest BCUT2D eigenvalue weighted by molar-refractivity contribution is 7.17. The molecule has 1 aliphatic heterocycles. The topological polar surface area (TPSA) is 46.3 Å². The maximum atomic E-state index is 12.9. The van der Waals surface area contributed by atoms with Crippen LogP contribution in [0, 0.1) is 6.92 Å². The van der Waals surface area contributed by atoms with E-state index in [1.165, 1.54) is 4.70 Å². The molecule has 0 aliphatic carbocycles. The summed E-state index contributed by atoms with van der Waals surface area (Å²) in [4.78, 5) is 14.8. The molecule has 0 radical (unpaired) electrons. The third kappa shape index (κ3) is 2.22. The number of aryl methyl sites for hydroxylation is 1. The molecule has 0 unspecified atom stereocenters. The van der Waals surface area contributed by atoms with Crippen molar-refractivity contribution >= 4 is 27.3 Å². The molecule has 0 N–H and O–H groups in total. The molecule has 1 saturated heterocycles. The first-order valence-corrected chi connectivity index (χ1v) is 8.32. The van der Waals surface area contributed by atoms with Gasteiger partial charge in [-0.15, -0.1) is 11.3 Å². The monoisotopic (exact) mass is 312 g/mol. The van der Waals surface area contributed by atoms with Gasteiger partial charge in [-0.2, -0.15) is 0 Å². The molecule has 5 heteroatoms. The molecule has 4 rings (SSSR count). The van der Waals surface area contributed by atoms with Crippen LogP contribution in [0.25, 0.3) is 10.1 Å². The summed E-state index contributed by atoms with van der Waals surface area (Å²) in [5, 5.41) is 7.13. The Bertz CT molecular complexity index is 836. The van der Waals surface area contributed by atoms with Crippen molar-refractivity contribution in [2.45, 2.75) is 25.8 Å². The van der Waals surface area contributed by atoms with E-state index in [0.717, 1.165) is 41.8 Å². The lowest BCUT2D eigenvalue weighted by atomic mass is 10.1. The minimum absolute atomic E-state index is 0.00636. The molecular weight excluding hydrogens is 296 g/mol. The lowest BCUT2D eigenvalue weighted by molar-refractivity contribution is 0.0715. The average molecular weight is 312 g/mol. The molecular formula is C17H16N2O2S. The van der Waals surface area contributed by atoms with Gasteiger partial charge in [0.1, 0.15) is 0 Å². The van der Waals surface area contributed by atoms with Crippen LogP contribution >= 0.6 is 11.3 Å². The number of carbonyl (C=O) groups excluding carboxylic acids is 1. The molecule has 22 heavy (non-hydrogen) atoms. The zero-order valence-electron chi connectivity index (χ0n) is 12.3. The highest BCUT2D eigenvalue weighted by Crippen LogP contribution is 2.34. The summed E-state index contributed by atoms with van der Waals surface area (Å²) < 4.78 is 6.59. The minimum Gasteiger partial charge on any atom is -0.359 e. The molecule has 4 nitrogen and oxygen atoms in total. The number of rotatable bonds is 2. The van der Waals surface area contributed by atoms with Crippen LogP contribution in [0.4, 0.5) is 0 Å². The number of benzene rings is 1. The van der Waals surface area contributed by atoms with Crippen molar-refractivity contribution in [3.8, 4) is 0 Å². The number of fused-ring (bicyclic) bond motifs is 1. The molecule has 0 spiro atoms. The van der Waals surface area contributed by atoms with Crippen molar-refractivity contribution in [1.29, 1.82) is 0 Å². The Kier molecular flexibility index (Phi) is 3.22. The normalized spacial score (nSPS) is 18.2. The minimum atomic E-state index is 0.00636. The molecule has 1 aromatic carbocycles. The van der Waals surface area contributed by atoms with Crippen LogP contribution in [0.3, 0.4) is 0 Å². The van der Waals surface area contributed by atoms with Gasteiger partial charge in [0.25, 0.3) is 5.91 Å². The first-order valence-electron chi connectivity index (χ1n) is 7.44. The number of hydrogen-bond acceptors (Lipinski definition) is 4. The van der Waals surface area contributed by atoms with E-state index in [2.05, 4.69) is 16.6 Å². The SMILES string of the molecule is Cc1cc([C@@H]2CCCN2C(=O)c2ccc3sccc3c2)on1. The van der Waals surface area contributed by atoms with Crippen molar-refractivity contribution in [3.05, 3.63) is 52.7 Å². The molecule has 2 aromatic heterocycles. The molecule has 112 valence electrons. The Labute approximate surface area is 132 Å². The van der Waals surface area contributed by atoms with Gasteiger partial charge in [-0.25, -0.2) is 0 Å². The standard InChI is InChI=1S/C17H16N2O2S/c1-11-9-15(21-18-11)14-3-2-7-19(14)17(20)13-4-5-16-12(10-13)6-8-22-16/h4-6,8-10,14H,2-3,7H2,1H3/t14-/m0/s1. The van der Waals surface area contributed by atoms with Crippen LogP contribution in [-0.2, 0) is 0 Å². The van der Waals surface area contributed by atoms with Crippen molar-refractivity contribution in [3.63, 3.8) is 0 Å². The van der Waals surface area contributed by atoms with Gasteiger partial charge >= 0.3 is 0 Å². The first-order chi connectivity index (χ1) is 10.7. The summed E-state index contributed by atoms with van der Waals surface area (Å²) in [6.45, 7) is 2.67. The summed E-state index contributed by atoms with van der Waals surface area (Å²) in [5.74, 6) is 0.865. The molecule has 1 amide bonds. The van der Waals surface area contributed by atoms with Crippen LogP contribution in [0.15, 0.2) is 40.2 Å². The average Bonchev–Trinajstić information content (AvgIpc) is 3.25. The zero-order valence-corrected chi connectivity index (χ0v) is 13.1. The molecule has 1 atom stereocenters. The number of hydrogen-bond donors (Lipinski definition) is 0. The van der Waals surface area contributed by atoms with Crippen LogP contribution < -0.4 is 0 Å². The lowest BCUT2D eigenvalue weighted by Crippen LogP contribution is -2.30. The predicted molar refractivity (Wildman–Crippen MR) is 86.1 cm³/mol. The van der Waals surface area contributed by atoms with E-state index in [-0.39, 0.29) is 11.9 Å². The van der Waals surface area contributed by atoms with Crippen molar-refractivity contribution in [1.82, 2.24) is 10.1 Å². The fraction of sp³-hybridized carbons (Fsp3) is 0.294. The fourth-order valence-electron chi connectivity index (χ4n) is 3.11. The molecule has 1 fully saturated rings. The van der Waals surface area contributed by atoms with Crippen LogP contribution in [0.5, 0.6) is 0 Å². The second-order valence-corrected chi connectivity index (χ2v) is 6.65. The highest BCUT2D eigenvalue weighted by atomic mass is 32.1. The van der Waals surface area contributed by atoms with Gasteiger partial charge in [0.15, 0.2) is 5.76 Å². The number of nitrogens with zero attached hydrogens (tertiary/aromatic N) is 2. The third-order valence-electron chi connectivity index (χ3n) is 4.19. The second-order valence-electron chi connectivity index (χ2n) is 5.70. The Morgan fingerprint density at radius 2 is 2.27 bits per heavy atom. The Morgan fingerprint density at radius 3 is 3.09 bits per heavy atom. The summed E-state index contributed by atoms with van der Waals surface area (Å²) in [7, 11) is 0. The van der Waals surface area contributed by atoms with E-state index in [1.807, 2.05) is 36.1 Å². The molecule has 3 heterocycles. The van der Waals surface area contributed by atoms with Crippen LogP contribution in [0.2, 0.25) is 0 Å². The maximum Gasteiger partial charge on any atom is 0.254 e. The number of likely N-dealkylation sites (tertiary alicyclic amines) is 1. The van der Waals surface area contributed by atoms with Crippen LogP contribution in [0.1, 0.15) is 40.7 Å². The number of amides is 1. The first kappa shape index (κ1) is 13.5. The molecule has 0 bridgehead atoms. The van der Waals surface area contributed by atoms with Gasteiger partial charge in [-0.05, 0) is 54.8 Å². The smallest absolute Gasteiger partial charge is 0.254 e. The number of thiophene rings is 1. The van der Waals surface area contributed by atoms with Gasteiger partial charge in [-0.1, -0.05) is 5.16 Å². The Morgan fingerprint density at radius 1 is 1.36 bits per heavy atom. The lowest BCUT2D eigenvalue weighted by Gasteiger charge is -2.22. The number of aromatic nitrogens is 1. The largest absolute Gasteiger partial charge is 0.359 e. The van der Waals surface area contributed by atoms with Gasteiger partial charge in [-0.3, -0.25) is 4.79 Å². The van der Waals surface area contributed by atoms with E-state index in [4.69, 9.17) is 4.52 Å². The summed E-state index contributed by atoms with van der Waals surface area (Å²) in [5.41, 5.74) is 1.60. The van der Waals surface area contributed by atoms with Gasteiger partial charge in [0.2, 0.25) is 0 Å². The van der Waals surface area contributed by atoms with E-state index in [9.17, 15) is 4.79 Å². The second kappa shape index (κ2) is 5.25. The van der Waals surface area contributed by atoms with Gasteiger partial charge in [0, 0.05) is 22.9 Å². The fourth-order valence-corrected chi connectivity index (χ4v) is 3.88. The van der Waals surface area contributed by atoms with E-state index in [0.29, 0.717) is 0 Å². The van der Waals surface area contributed by atoms with Crippen molar-refractivity contribution < 1.29 is 9.32 Å². The van der Waals surface area contributed by atoms with Crippen molar-refractivity contribution in [2.24, 2.45) is 0 Å². The summed E-state index contributed by atoms with van der Waals surface area (Å²) >= 11 is 1.69. The van der Waals surface area contributed by atoms with E-state index >= 15 is 0 Å². The maximum absolute atomic E-state index is 12.9. The van der Waals surface area contributed by atoms with Crippen molar-refractivity contribution in [2.75, 3.05) is 6.54 Å². The summed E-state index contributed by atoms with van der Waals surface area (Å²) in [6.07, 6.45) is 1.93. The molecule has 1 aliphatic rings. The molecule has 3 aromatic rings. The van der Waals surface area contributed by atoms with E-state index in [1.54, 1.807) is 11.3 Å². The van der Waals surface area contributed by atoms with Gasteiger partial charge < -0.3 is 9.42 Å². The predicted octanol–water partition coefficient (Wildman–Crippen LogP) is 4.18. The van der Waals surface area contributed by atoms with E-state index < -0.39 is 0 Å². The van der Waals surface area contributed by atoms with Crippen LogP contribution in [-0.4, -0.2) is 22.5 Å². The Balaban J connectivity index is 1.65. The third-order valence-corrected chi connectivity index (χ3v) is 5.09. The summed E-state index contributed by atoms with van der Waals surface area (Å²) in [6, 6.07) is 9.91. The molecule has 0 saturated carbocycles.